The third kappa shape index (κ3) is 4.23. The first kappa shape index (κ1) is 30.6. The van der Waals surface area contributed by atoms with Crippen LogP contribution in [0.15, 0.2) is 170 Å². The summed E-state index contributed by atoms with van der Waals surface area (Å²) >= 11 is 0. The van der Waals surface area contributed by atoms with Crippen LogP contribution in [-0.4, -0.2) is 4.57 Å². The maximum absolute atomic E-state index is 2.56. The first-order valence-electron chi connectivity index (χ1n) is 20.0. The lowest BCUT2D eigenvalue weighted by Gasteiger charge is -2.61. The summed E-state index contributed by atoms with van der Waals surface area (Å²) in [6.07, 6.45) is 7.01. The molecule has 2 heteroatoms. The summed E-state index contributed by atoms with van der Waals surface area (Å²) in [6, 6.07) is 63.7. The summed E-state index contributed by atoms with van der Waals surface area (Å²) < 4.78 is 2.44. The van der Waals surface area contributed by atoms with Crippen LogP contribution in [0, 0.1) is 23.7 Å². The molecule has 260 valence electrons. The van der Waals surface area contributed by atoms with E-state index in [1.54, 1.807) is 11.1 Å². The summed E-state index contributed by atoms with van der Waals surface area (Å²) in [6.45, 7) is 0. The van der Waals surface area contributed by atoms with Gasteiger partial charge in [0, 0.05) is 38.8 Å². The Morgan fingerprint density at radius 3 is 1.85 bits per heavy atom. The minimum absolute atomic E-state index is 0.113. The Hall–Kier alpha value is -5.86. The number of hydrogen-bond acceptors (Lipinski definition) is 1. The highest BCUT2D eigenvalue weighted by atomic mass is 15.1. The molecule has 1 heterocycles. The van der Waals surface area contributed by atoms with Gasteiger partial charge >= 0.3 is 0 Å². The lowest BCUT2D eigenvalue weighted by atomic mass is 9.43. The van der Waals surface area contributed by atoms with E-state index < -0.39 is 0 Å². The van der Waals surface area contributed by atoms with Gasteiger partial charge in [0.1, 0.15) is 0 Å². The number of benzene rings is 7. The van der Waals surface area contributed by atoms with Crippen molar-refractivity contribution in [2.75, 3.05) is 4.90 Å². The number of fused-ring (bicyclic) bond motifs is 6. The van der Waals surface area contributed by atoms with Crippen molar-refractivity contribution in [3.8, 4) is 27.9 Å². The van der Waals surface area contributed by atoms with E-state index >= 15 is 0 Å². The average molecular weight is 695 g/mol. The molecule has 1 spiro atoms. The Bertz CT molecular complexity index is 2690. The molecule has 0 atom stereocenters. The van der Waals surface area contributed by atoms with Crippen molar-refractivity contribution < 1.29 is 0 Å². The molecular formula is C52H42N2. The zero-order valence-electron chi connectivity index (χ0n) is 30.4. The summed E-state index contributed by atoms with van der Waals surface area (Å²) in [5.41, 5.74) is 15.9. The van der Waals surface area contributed by atoms with Crippen molar-refractivity contribution >= 4 is 38.9 Å². The highest BCUT2D eigenvalue weighted by Crippen LogP contribution is 2.70. The summed E-state index contributed by atoms with van der Waals surface area (Å²) in [5.74, 6) is 3.28. The van der Waals surface area contributed by atoms with Crippen molar-refractivity contribution in [1.82, 2.24) is 4.57 Å². The second kappa shape index (κ2) is 11.6. The molecule has 0 radical (unpaired) electrons. The van der Waals surface area contributed by atoms with Crippen LogP contribution in [0.1, 0.15) is 43.2 Å². The number of hydrogen-bond donors (Lipinski definition) is 0. The SMILES string of the molecule is c1ccc(-c2ccc(N(c3ccc4c5ccccc5n(-c5ccccc5)c4c3)c3cccc4c3-c3ccccc3C43C4CC5CC(C4)CC3C5)cc2)cc1. The molecule has 4 saturated carbocycles. The minimum Gasteiger partial charge on any atom is -0.310 e. The second-order valence-electron chi connectivity index (χ2n) is 16.6. The van der Waals surface area contributed by atoms with Crippen LogP contribution in [-0.2, 0) is 5.41 Å². The van der Waals surface area contributed by atoms with Gasteiger partial charge in [-0.15, -0.1) is 0 Å². The zero-order chi connectivity index (χ0) is 35.4. The van der Waals surface area contributed by atoms with Crippen LogP contribution in [0.25, 0.3) is 49.7 Å². The molecule has 4 fully saturated rings. The molecule has 5 aliphatic carbocycles. The van der Waals surface area contributed by atoms with Gasteiger partial charge in [0.05, 0.1) is 16.7 Å². The second-order valence-corrected chi connectivity index (χ2v) is 16.6. The fourth-order valence-electron chi connectivity index (χ4n) is 12.2. The molecule has 2 nitrogen and oxygen atoms in total. The van der Waals surface area contributed by atoms with E-state index in [-0.39, 0.29) is 5.41 Å². The topological polar surface area (TPSA) is 8.17 Å². The third-order valence-electron chi connectivity index (χ3n) is 14.0. The molecule has 54 heavy (non-hydrogen) atoms. The highest BCUT2D eigenvalue weighted by molar-refractivity contribution is 6.10. The fourth-order valence-corrected chi connectivity index (χ4v) is 12.2. The van der Waals surface area contributed by atoms with E-state index in [0.717, 1.165) is 23.7 Å². The van der Waals surface area contributed by atoms with Crippen LogP contribution in [0.4, 0.5) is 17.1 Å². The first-order valence-corrected chi connectivity index (χ1v) is 20.0. The van der Waals surface area contributed by atoms with Crippen LogP contribution >= 0.6 is 0 Å². The van der Waals surface area contributed by atoms with E-state index in [0.29, 0.717) is 0 Å². The predicted octanol–water partition coefficient (Wildman–Crippen LogP) is 13.6. The first-order chi connectivity index (χ1) is 26.8. The molecule has 0 aliphatic heterocycles. The Morgan fingerprint density at radius 2 is 1.07 bits per heavy atom. The Balaban J connectivity index is 1.11. The van der Waals surface area contributed by atoms with Gasteiger partial charge in [-0.25, -0.2) is 0 Å². The van der Waals surface area contributed by atoms with Crippen molar-refractivity contribution in [1.29, 1.82) is 0 Å². The third-order valence-corrected chi connectivity index (χ3v) is 14.0. The Kier molecular flexibility index (Phi) is 6.55. The molecule has 5 aliphatic rings. The highest BCUT2D eigenvalue weighted by Gasteiger charge is 2.61. The summed E-state index contributed by atoms with van der Waals surface area (Å²) in [4.78, 5) is 2.56. The molecule has 0 N–H and O–H groups in total. The fraction of sp³-hybridized carbons (Fsp3) is 0.192. The van der Waals surface area contributed by atoms with Crippen molar-refractivity contribution in [2.45, 2.75) is 37.5 Å². The van der Waals surface area contributed by atoms with Gasteiger partial charge in [-0.3, -0.25) is 0 Å². The van der Waals surface area contributed by atoms with Crippen LogP contribution < -0.4 is 4.90 Å². The number of rotatable bonds is 5. The molecule has 8 aromatic rings. The van der Waals surface area contributed by atoms with E-state index in [1.165, 1.54) is 98.9 Å². The smallest absolute Gasteiger partial charge is 0.0561 e. The van der Waals surface area contributed by atoms with Gasteiger partial charge in [0.2, 0.25) is 0 Å². The van der Waals surface area contributed by atoms with Crippen LogP contribution in [0.2, 0.25) is 0 Å². The number of nitrogens with zero attached hydrogens (tertiary/aromatic N) is 2. The standard InChI is InChI=1S/C52H42N2/c1-3-12-36(13-4-1)37-22-24-41(25-23-37)53(42-26-27-44-43-16-8-10-20-48(43)54(50(44)33-42)40-14-5-2-6-15-40)49-21-11-19-47-51(49)45-17-7-9-18-46(45)52(47)38-29-34-28-35(31-38)32-39(52)30-34/h1-27,33-35,38-39H,28-32H2. The Morgan fingerprint density at radius 1 is 0.463 bits per heavy atom. The maximum Gasteiger partial charge on any atom is 0.0561 e. The summed E-state index contributed by atoms with van der Waals surface area (Å²) in [7, 11) is 0. The molecular weight excluding hydrogens is 653 g/mol. The van der Waals surface area contributed by atoms with Gasteiger partial charge in [-0.05, 0) is 132 Å². The molecule has 0 saturated heterocycles. The van der Waals surface area contributed by atoms with E-state index in [9.17, 15) is 0 Å². The molecule has 1 aromatic heterocycles. The number of aromatic nitrogens is 1. The average Bonchev–Trinajstić information content (AvgIpc) is 3.72. The Labute approximate surface area is 317 Å². The maximum atomic E-state index is 2.56. The molecule has 13 rings (SSSR count). The lowest BCUT2D eigenvalue weighted by molar-refractivity contribution is -0.0399. The van der Waals surface area contributed by atoms with E-state index in [1.807, 2.05) is 0 Å². The van der Waals surface area contributed by atoms with Crippen molar-refractivity contribution in [3.63, 3.8) is 0 Å². The van der Waals surface area contributed by atoms with Crippen molar-refractivity contribution in [3.05, 3.63) is 181 Å². The van der Waals surface area contributed by atoms with E-state index in [4.69, 9.17) is 0 Å². The molecule has 0 unspecified atom stereocenters. The van der Waals surface area contributed by atoms with Gasteiger partial charge in [-0.2, -0.15) is 0 Å². The summed E-state index contributed by atoms with van der Waals surface area (Å²) in [5, 5.41) is 2.55. The van der Waals surface area contributed by atoms with Gasteiger partial charge in [-0.1, -0.05) is 121 Å². The normalized spacial score (nSPS) is 23.3. The quantitative estimate of drug-likeness (QED) is 0.174. The van der Waals surface area contributed by atoms with Crippen molar-refractivity contribution in [2.24, 2.45) is 23.7 Å². The van der Waals surface area contributed by atoms with E-state index in [2.05, 4.69) is 179 Å². The van der Waals surface area contributed by atoms with Crippen LogP contribution in [0.5, 0.6) is 0 Å². The monoisotopic (exact) mass is 694 g/mol. The van der Waals surface area contributed by atoms with Gasteiger partial charge in [0.15, 0.2) is 0 Å². The zero-order valence-corrected chi connectivity index (χ0v) is 30.4. The predicted molar refractivity (Wildman–Crippen MR) is 224 cm³/mol. The molecule has 0 amide bonds. The number of para-hydroxylation sites is 2. The molecule has 4 bridgehead atoms. The molecule has 7 aromatic carbocycles. The minimum atomic E-state index is 0.113. The van der Waals surface area contributed by atoms with Gasteiger partial charge < -0.3 is 9.47 Å². The largest absolute Gasteiger partial charge is 0.310 e. The van der Waals surface area contributed by atoms with Crippen LogP contribution in [0.3, 0.4) is 0 Å². The van der Waals surface area contributed by atoms with Gasteiger partial charge in [0.25, 0.3) is 0 Å². The number of anilines is 3. The lowest BCUT2D eigenvalue weighted by Crippen LogP contribution is -2.55.